The number of benzene rings is 2. The van der Waals surface area contributed by atoms with Crippen LogP contribution < -0.4 is 5.73 Å². The molecule has 2 aliphatic heterocycles. The second kappa shape index (κ2) is 8.56. The fraction of sp³-hybridized carbons (Fsp3) is 0.500. The van der Waals surface area contributed by atoms with Crippen LogP contribution in [0.3, 0.4) is 0 Å². The number of carbonyl (C=O) groups is 2. The summed E-state index contributed by atoms with van der Waals surface area (Å²) in [5, 5.41) is 2.08. The van der Waals surface area contributed by atoms with Gasteiger partial charge in [-0.3, -0.25) is 9.59 Å². The van der Waals surface area contributed by atoms with Crippen molar-refractivity contribution in [3.05, 3.63) is 48.0 Å². The lowest BCUT2D eigenvalue weighted by molar-refractivity contribution is -0.136. The van der Waals surface area contributed by atoms with Gasteiger partial charge in [0, 0.05) is 43.7 Å². The number of hydrogen-bond acceptors (Lipinski definition) is 3. The molecule has 3 fully saturated rings. The van der Waals surface area contributed by atoms with Gasteiger partial charge in [0.2, 0.25) is 5.91 Å². The minimum atomic E-state index is 0. The second-order valence-corrected chi connectivity index (χ2v) is 9.00. The number of nitrogens with zero attached hydrogens (tertiary/aromatic N) is 2. The van der Waals surface area contributed by atoms with Crippen LogP contribution >= 0.6 is 12.4 Å². The van der Waals surface area contributed by atoms with Gasteiger partial charge in [0.05, 0.1) is 0 Å². The third-order valence-electron chi connectivity index (χ3n) is 7.38. The van der Waals surface area contributed by atoms with Gasteiger partial charge in [0.15, 0.2) is 0 Å². The van der Waals surface area contributed by atoms with Gasteiger partial charge in [-0.05, 0) is 54.4 Å². The van der Waals surface area contributed by atoms with Gasteiger partial charge >= 0.3 is 0 Å². The summed E-state index contributed by atoms with van der Waals surface area (Å²) in [6.07, 6.45) is 3.78. The Morgan fingerprint density at radius 3 is 2.37 bits per heavy atom. The summed E-state index contributed by atoms with van der Waals surface area (Å²) in [5.74, 6) is 1.49. The van der Waals surface area contributed by atoms with Crippen LogP contribution in [0.1, 0.15) is 36.0 Å². The highest BCUT2D eigenvalue weighted by Gasteiger charge is 2.44. The summed E-state index contributed by atoms with van der Waals surface area (Å²) in [6, 6.07) is 14.2. The predicted molar refractivity (Wildman–Crippen MR) is 121 cm³/mol. The first-order valence-electron chi connectivity index (χ1n) is 10.9. The maximum absolute atomic E-state index is 13.1. The van der Waals surface area contributed by atoms with Crippen LogP contribution in [0, 0.1) is 17.8 Å². The summed E-state index contributed by atoms with van der Waals surface area (Å²) < 4.78 is 0. The van der Waals surface area contributed by atoms with E-state index in [1.54, 1.807) is 0 Å². The zero-order valence-electron chi connectivity index (χ0n) is 17.2. The lowest BCUT2D eigenvalue weighted by Crippen LogP contribution is -2.44. The highest BCUT2D eigenvalue weighted by Crippen LogP contribution is 2.38. The molecule has 2 amide bonds. The van der Waals surface area contributed by atoms with Crippen LogP contribution in [0.15, 0.2) is 42.5 Å². The quantitative estimate of drug-likeness (QED) is 0.799. The van der Waals surface area contributed by atoms with Crippen molar-refractivity contribution in [3.8, 4) is 0 Å². The van der Waals surface area contributed by atoms with Crippen LogP contribution in [0.5, 0.6) is 0 Å². The van der Waals surface area contributed by atoms with E-state index in [1.807, 2.05) is 47.4 Å². The molecular weight excluding hydrogens is 398 g/mol. The highest BCUT2D eigenvalue weighted by atomic mass is 35.5. The third kappa shape index (κ3) is 3.69. The summed E-state index contributed by atoms with van der Waals surface area (Å²) in [6.45, 7) is 3.02. The number of hydrogen-bond donors (Lipinski definition) is 1. The molecule has 0 radical (unpaired) electrons. The van der Waals surface area contributed by atoms with Gasteiger partial charge in [0.1, 0.15) is 0 Å². The number of fused-ring (bicyclic) bond motifs is 2. The van der Waals surface area contributed by atoms with E-state index in [2.05, 4.69) is 4.90 Å². The van der Waals surface area contributed by atoms with Crippen molar-refractivity contribution >= 4 is 35.0 Å². The predicted octanol–water partition coefficient (Wildman–Crippen LogP) is 3.31. The van der Waals surface area contributed by atoms with E-state index in [-0.39, 0.29) is 36.2 Å². The molecule has 2 heterocycles. The molecule has 3 atom stereocenters. The molecule has 1 aliphatic carbocycles. The van der Waals surface area contributed by atoms with Gasteiger partial charge in [-0.15, -0.1) is 12.4 Å². The standard InChI is InChI=1S/C24H29N3O2.ClH/c25-22-9-8-18-14-27(15-21(18)22)23(28)17-10-12-26(13-11-17)24(29)20-7-3-5-16-4-1-2-6-19(16)20;/h1-7,17-18,21-22H,8-15,25H2;1H. The van der Waals surface area contributed by atoms with Crippen molar-refractivity contribution in [1.29, 1.82) is 0 Å². The summed E-state index contributed by atoms with van der Waals surface area (Å²) in [5.41, 5.74) is 6.98. The van der Waals surface area contributed by atoms with Crippen LogP contribution in [0.2, 0.25) is 0 Å². The van der Waals surface area contributed by atoms with Gasteiger partial charge in [-0.25, -0.2) is 0 Å². The molecule has 0 spiro atoms. The zero-order valence-corrected chi connectivity index (χ0v) is 18.0. The van der Waals surface area contributed by atoms with Crippen LogP contribution in [-0.4, -0.2) is 53.8 Å². The van der Waals surface area contributed by atoms with E-state index in [0.717, 1.165) is 55.1 Å². The largest absolute Gasteiger partial charge is 0.342 e. The lowest BCUT2D eigenvalue weighted by Gasteiger charge is -2.33. The van der Waals surface area contributed by atoms with Crippen LogP contribution in [0.25, 0.3) is 10.8 Å². The SMILES string of the molecule is Cl.NC1CCC2CN(C(=O)C3CCN(C(=O)c4cccc5ccccc45)CC3)CC12. The Labute approximate surface area is 184 Å². The molecule has 6 heteroatoms. The highest BCUT2D eigenvalue weighted by molar-refractivity contribution is 6.07. The average Bonchev–Trinajstić information content (AvgIpc) is 3.34. The van der Waals surface area contributed by atoms with Crippen molar-refractivity contribution < 1.29 is 9.59 Å². The number of likely N-dealkylation sites (tertiary alicyclic amines) is 2. The Balaban J connectivity index is 0.00000218. The summed E-state index contributed by atoms with van der Waals surface area (Å²) >= 11 is 0. The molecule has 2 aromatic carbocycles. The molecular formula is C24H30ClN3O2. The topological polar surface area (TPSA) is 66.6 Å². The molecule has 0 aromatic heterocycles. The van der Waals surface area contributed by atoms with E-state index < -0.39 is 0 Å². The number of piperidine rings is 1. The normalized spacial score (nSPS) is 26.5. The molecule has 30 heavy (non-hydrogen) atoms. The molecule has 5 rings (SSSR count). The second-order valence-electron chi connectivity index (χ2n) is 9.00. The fourth-order valence-electron chi connectivity index (χ4n) is 5.66. The fourth-order valence-corrected chi connectivity index (χ4v) is 5.66. The van der Waals surface area contributed by atoms with Crippen molar-refractivity contribution in [1.82, 2.24) is 9.80 Å². The first-order valence-corrected chi connectivity index (χ1v) is 10.9. The molecule has 0 bridgehead atoms. The zero-order chi connectivity index (χ0) is 20.0. The Morgan fingerprint density at radius 1 is 0.867 bits per heavy atom. The third-order valence-corrected chi connectivity index (χ3v) is 7.38. The van der Waals surface area contributed by atoms with Gasteiger partial charge < -0.3 is 15.5 Å². The van der Waals surface area contributed by atoms with Crippen LogP contribution in [-0.2, 0) is 4.79 Å². The Hall–Kier alpha value is -2.11. The monoisotopic (exact) mass is 427 g/mol. The molecule has 2 N–H and O–H groups in total. The first-order chi connectivity index (χ1) is 14.1. The van der Waals surface area contributed by atoms with Crippen LogP contribution in [0.4, 0.5) is 0 Å². The maximum atomic E-state index is 13.1. The smallest absolute Gasteiger partial charge is 0.254 e. The van der Waals surface area contributed by atoms with Crippen molar-refractivity contribution in [3.63, 3.8) is 0 Å². The van der Waals surface area contributed by atoms with E-state index in [1.165, 1.54) is 0 Å². The van der Waals surface area contributed by atoms with E-state index in [9.17, 15) is 9.59 Å². The minimum absolute atomic E-state index is 0. The lowest BCUT2D eigenvalue weighted by atomic mass is 9.94. The minimum Gasteiger partial charge on any atom is -0.342 e. The number of nitrogens with two attached hydrogens (primary N) is 1. The maximum Gasteiger partial charge on any atom is 0.254 e. The molecule has 3 unspecified atom stereocenters. The number of amides is 2. The molecule has 2 saturated heterocycles. The number of rotatable bonds is 2. The Kier molecular flexibility index (Phi) is 6.03. The van der Waals surface area contributed by atoms with Crippen molar-refractivity contribution in [2.75, 3.05) is 26.2 Å². The Morgan fingerprint density at radius 2 is 1.60 bits per heavy atom. The Bertz CT molecular complexity index is 936. The van der Waals surface area contributed by atoms with Crippen molar-refractivity contribution in [2.45, 2.75) is 31.7 Å². The van der Waals surface area contributed by atoms with Gasteiger partial charge in [-0.1, -0.05) is 36.4 Å². The molecule has 5 nitrogen and oxygen atoms in total. The first kappa shape index (κ1) is 21.1. The van der Waals surface area contributed by atoms with Gasteiger partial charge in [-0.2, -0.15) is 0 Å². The van der Waals surface area contributed by atoms with E-state index in [4.69, 9.17) is 5.73 Å². The van der Waals surface area contributed by atoms with Crippen molar-refractivity contribution in [2.24, 2.45) is 23.5 Å². The number of carbonyl (C=O) groups excluding carboxylic acids is 2. The molecule has 3 aliphatic rings. The average molecular weight is 428 g/mol. The molecule has 2 aromatic rings. The van der Waals surface area contributed by atoms with Gasteiger partial charge in [0.25, 0.3) is 5.91 Å². The summed E-state index contributed by atoms with van der Waals surface area (Å²) in [7, 11) is 0. The molecule has 160 valence electrons. The molecule has 1 saturated carbocycles. The number of halogens is 1. The van der Waals surface area contributed by atoms with E-state index in [0.29, 0.717) is 24.9 Å². The summed E-state index contributed by atoms with van der Waals surface area (Å²) in [4.78, 5) is 30.1. The van der Waals surface area contributed by atoms with E-state index >= 15 is 0 Å².